The molecule has 0 atom stereocenters. The lowest BCUT2D eigenvalue weighted by Gasteiger charge is -2.02. The molecule has 1 fully saturated rings. The molecule has 0 unspecified atom stereocenters. The molecule has 68 valence electrons. The predicted octanol–water partition coefficient (Wildman–Crippen LogP) is 1.91. The summed E-state index contributed by atoms with van der Waals surface area (Å²) >= 11 is 5.72. The minimum absolute atomic E-state index is 0.0764. The van der Waals surface area contributed by atoms with Crippen LogP contribution in [-0.4, -0.2) is 10.8 Å². The molecule has 1 aromatic heterocycles. The second-order valence-corrected chi connectivity index (χ2v) is 3.66. The SMILES string of the molecule is Nc1ncc(Cl)cc1C(=O)C1CC1. The summed E-state index contributed by atoms with van der Waals surface area (Å²) in [5.74, 6) is 0.511. The molecule has 1 aromatic rings. The number of nitrogens with zero attached hydrogens (tertiary/aromatic N) is 1. The van der Waals surface area contributed by atoms with Crippen molar-refractivity contribution in [3.63, 3.8) is 0 Å². The molecule has 0 saturated heterocycles. The quantitative estimate of drug-likeness (QED) is 0.736. The molecule has 1 aliphatic rings. The zero-order chi connectivity index (χ0) is 9.42. The molecule has 0 spiro atoms. The molecule has 1 aliphatic carbocycles. The number of nitrogen functional groups attached to an aromatic ring is 1. The van der Waals surface area contributed by atoms with Gasteiger partial charge < -0.3 is 5.73 Å². The Kier molecular flexibility index (Phi) is 1.96. The number of carbonyl (C=O) groups is 1. The summed E-state index contributed by atoms with van der Waals surface area (Å²) in [6, 6.07) is 1.59. The van der Waals surface area contributed by atoms with Gasteiger partial charge in [0.1, 0.15) is 5.82 Å². The zero-order valence-corrected chi connectivity index (χ0v) is 7.71. The third-order valence-corrected chi connectivity index (χ3v) is 2.31. The van der Waals surface area contributed by atoms with Crippen molar-refractivity contribution in [3.8, 4) is 0 Å². The van der Waals surface area contributed by atoms with Gasteiger partial charge in [0, 0.05) is 12.1 Å². The van der Waals surface area contributed by atoms with Crippen molar-refractivity contribution in [3.05, 3.63) is 22.8 Å². The van der Waals surface area contributed by atoms with Crippen LogP contribution >= 0.6 is 11.6 Å². The monoisotopic (exact) mass is 196 g/mol. The van der Waals surface area contributed by atoms with Crippen LogP contribution in [0.5, 0.6) is 0 Å². The van der Waals surface area contributed by atoms with Crippen LogP contribution in [0.2, 0.25) is 5.02 Å². The average molecular weight is 197 g/mol. The number of carbonyl (C=O) groups excluding carboxylic acids is 1. The number of hydrogen-bond acceptors (Lipinski definition) is 3. The first kappa shape index (κ1) is 8.51. The molecule has 0 bridgehead atoms. The fourth-order valence-electron chi connectivity index (χ4n) is 1.21. The van der Waals surface area contributed by atoms with Crippen molar-refractivity contribution in [1.82, 2.24) is 4.98 Å². The lowest BCUT2D eigenvalue weighted by Crippen LogP contribution is -2.07. The topological polar surface area (TPSA) is 56.0 Å². The van der Waals surface area contributed by atoms with Gasteiger partial charge in [-0.1, -0.05) is 11.6 Å². The van der Waals surface area contributed by atoms with Crippen LogP contribution in [-0.2, 0) is 0 Å². The van der Waals surface area contributed by atoms with E-state index in [0.29, 0.717) is 10.6 Å². The van der Waals surface area contributed by atoms with E-state index >= 15 is 0 Å². The number of nitrogens with two attached hydrogens (primary N) is 1. The maximum absolute atomic E-state index is 11.6. The number of pyridine rings is 1. The van der Waals surface area contributed by atoms with E-state index in [1.807, 2.05) is 0 Å². The number of rotatable bonds is 2. The largest absolute Gasteiger partial charge is 0.383 e. The Morgan fingerprint density at radius 1 is 1.62 bits per heavy atom. The number of hydrogen-bond donors (Lipinski definition) is 1. The number of aromatic nitrogens is 1. The minimum atomic E-state index is 0.0764. The van der Waals surface area contributed by atoms with Gasteiger partial charge in [-0.3, -0.25) is 4.79 Å². The highest BCUT2D eigenvalue weighted by Gasteiger charge is 2.31. The highest BCUT2D eigenvalue weighted by molar-refractivity contribution is 6.31. The summed E-state index contributed by atoms with van der Waals surface area (Å²) in [7, 11) is 0. The molecule has 0 aliphatic heterocycles. The Hall–Kier alpha value is -1.09. The Labute approximate surface area is 80.9 Å². The summed E-state index contributed by atoms with van der Waals surface area (Å²) in [6.07, 6.45) is 3.37. The molecule has 0 amide bonds. The standard InChI is InChI=1S/C9H9ClN2O/c10-6-3-7(9(11)12-4-6)8(13)5-1-2-5/h3-5H,1-2H2,(H2,11,12). The van der Waals surface area contributed by atoms with Crippen molar-refractivity contribution in [1.29, 1.82) is 0 Å². The molecule has 1 heterocycles. The van der Waals surface area contributed by atoms with Crippen LogP contribution < -0.4 is 5.73 Å². The number of ketones is 1. The maximum Gasteiger partial charge on any atom is 0.169 e. The van der Waals surface area contributed by atoms with Crippen molar-refractivity contribution in [2.75, 3.05) is 5.73 Å². The maximum atomic E-state index is 11.6. The highest BCUT2D eigenvalue weighted by atomic mass is 35.5. The van der Waals surface area contributed by atoms with Crippen LogP contribution in [0, 0.1) is 5.92 Å². The first-order chi connectivity index (χ1) is 6.18. The van der Waals surface area contributed by atoms with E-state index in [9.17, 15) is 4.79 Å². The van der Waals surface area contributed by atoms with E-state index in [1.165, 1.54) is 6.20 Å². The average Bonchev–Trinajstić information content (AvgIpc) is 2.91. The summed E-state index contributed by atoms with van der Waals surface area (Å²) in [6.45, 7) is 0. The molecule has 3 nitrogen and oxygen atoms in total. The van der Waals surface area contributed by atoms with Gasteiger partial charge in [0.2, 0.25) is 0 Å². The number of anilines is 1. The predicted molar refractivity (Wildman–Crippen MR) is 50.7 cm³/mol. The van der Waals surface area contributed by atoms with Gasteiger partial charge in [-0.2, -0.15) is 0 Å². The third-order valence-electron chi connectivity index (χ3n) is 2.10. The first-order valence-electron chi connectivity index (χ1n) is 4.13. The lowest BCUT2D eigenvalue weighted by molar-refractivity contribution is 0.0968. The smallest absolute Gasteiger partial charge is 0.169 e. The number of Topliss-reactive ketones (excluding diaryl/α,β-unsaturated/α-hetero) is 1. The van der Waals surface area contributed by atoms with Gasteiger partial charge in [0.15, 0.2) is 5.78 Å². The Morgan fingerprint density at radius 3 is 2.92 bits per heavy atom. The van der Waals surface area contributed by atoms with Crippen molar-refractivity contribution < 1.29 is 4.79 Å². The van der Waals surface area contributed by atoms with Crippen LogP contribution in [0.25, 0.3) is 0 Å². The zero-order valence-electron chi connectivity index (χ0n) is 6.96. The van der Waals surface area contributed by atoms with E-state index in [0.717, 1.165) is 12.8 Å². The van der Waals surface area contributed by atoms with Crippen molar-refractivity contribution >= 4 is 23.2 Å². The molecule has 0 aromatic carbocycles. The highest BCUT2D eigenvalue weighted by Crippen LogP contribution is 2.34. The van der Waals surface area contributed by atoms with E-state index in [-0.39, 0.29) is 17.5 Å². The molecule has 2 N–H and O–H groups in total. The summed E-state index contributed by atoms with van der Waals surface area (Å²) < 4.78 is 0. The second-order valence-electron chi connectivity index (χ2n) is 3.22. The van der Waals surface area contributed by atoms with Crippen LogP contribution in [0.15, 0.2) is 12.3 Å². The molecular formula is C9H9ClN2O. The van der Waals surface area contributed by atoms with Crippen LogP contribution in [0.3, 0.4) is 0 Å². The van der Waals surface area contributed by atoms with Crippen molar-refractivity contribution in [2.24, 2.45) is 5.92 Å². The minimum Gasteiger partial charge on any atom is -0.383 e. The Bertz CT molecular complexity index is 361. The van der Waals surface area contributed by atoms with Gasteiger partial charge in [0.25, 0.3) is 0 Å². The fourth-order valence-corrected chi connectivity index (χ4v) is 1.37. The normalized spacial score (nSPS) is 15.8. The Morgan fingerprint density at radius 2 is 2.31 bits per heavy atom. The molecule has 1 saturated carbocycles. The summed E-state index contributed by atoms with van der Waals surface area (Å²) in [4.78, 5) is 15.4. The Balaban J connectivity index is 2.37. The van der Waals surface area contributed by atoms with E-state index in [1.54, 1.807) is 6.07 Å². The van der Waals surface area contributed by atoms with Gasteiger partial charge in [-0.05, 0) is 18.9 Å². The lowest BCUT2D eigenvalue weighted by atomic mass is 10.1. The molecule has 0 radical (unpaired) electrons. The van der Waals surface area contributed by atoms with Crippen LogP contribution in [0.4, 0.5) is 5.82 Å². The second kappa shape index (κ2) is 3.00. The van der Waals surface area contributed by atoms with Gasteiger partial charge >= 0.3 is 0 Å². The summed E-state index contributed by atoms with van der Waals surface area (Å²) in [5.41, 5.74) is 6.03. The van der Waals surface area contributed by atoms with E-state index < -0.39 is 0 Å². The van der Waals surface area contributed by atoms with Gasteiger partial charge in [-0.25, -0.2) is 4.98 Å². The molecular weight excluding hydrogens is 188 g/mol. The fraction of sp³-hybridized carbons (Fsp3) is 0.333. The molecule has 13 heavy (non-hydrogen) atoms. The third kappa shape index (κ3) is 1.65. The van der Waals surface area contributed by atoms with Gasteiger partial charge in [-0.15, -0.1) is 0 Å². The van der Waals surface area contributed by atoms with E-state index in [2.05, 4.69) is 4.98 Å². The molecule has 4 heteroatoms. The molecule has 2 rings (SSSR count). The van der Waals surface area contributed by atoms with Gasteiger partial charge in [0.05, 0.1) is 10.6 Å². The van der Waals surface area contributed by atoms with Crippen LogP contribution in [0.1, 0.15) is 23.2 Å². The van der Waals surface area contributed by atoms with Crippen molar-refractivity contribution in [2.45, 2.75) is 12.8 Å². The van der Waals surface area contributed by atoms with E-state index in [4.69, 9.17) is 17.3 Å². The summed E-state index contributed by atoms with van der Waals surface area (Å²) in [5, 5.41) is 0.457. The number of halogens is 1. The first-order valence-corrected chi connectivity index (χ1v) is 4.51.